The van der Waals surface area contributed by atoms with E-state index in [-0.39, 0.29) is 29.6 Å². The van der Waals surface area contributed by atoms with Crippen LogP contribution in [-0.4, -0.2) is 29.6 Å². The first kappa shape index (κ1) is 18.0. The summed E-state index contributed by atoms with van der Waals surface area (Å²) >= 11 is 0. The van der Waals surface area contributed by atoms with Gasteiger partial charge >= 0.3 is 29.6 Å². The average Bonchev–Trinajstić information content (AvgIpc) is 2.39. The molecule has 0 saturated carbocycles. The van der Waals surface area contributed by atoms with Crippen molar-refractivity contribution >= 4 is 29.6 Å². The zero-order chi connectivity index (χ0) is 12.5. The Balaban J connectivity index is 0.00000289. The Morgan fingerprint density at radius 3 is 2.28 bits per heavy atom. The second-order valence-corrected chi connectivity index (χ2v) is 4.77. The van der Waals surface area contributed by atoms with E-state index >= 15 is 0 Å². The van der Waals surface area contributed by atoms with Crippen molar-refractivity contribution in [2.45, 2.75) is 52.4 Å². The molecule has 2 atom stereocenters. The van der Waals surface area contributed by atoms with Gasteiger partial charge in [-0.05, 0) is 24.8 Å². The Morgan fingerprint density at radius 1 is 1.11 bits per heavy atom. The van der Waals surface area contributed by atoms with Gasteiger partial charge in [0.25, 0.3) is 0 Å². The fraction of sp³-hybridized carbons (Fsp3) is 0.529. The molecule has 18 heavy (non-hydrogen) atoms. The minimum atomic E-state index is 0. The molecule has 2 unspecified atom stereocenters. The fourth-order valence-electron chi connectivity index (χ4n) is 2.53. The van der Waals surface area contributed by atoms with Crippen molar-refractivity contribution in [3.8, 4) is 0 Å². The van der Waals surface area contributed by atoms with Crippen LogP contribution in [0.25, 0.3) is 0 Å². The maximum absolute atomic E-state index is 2.37. The molecule has 0 saturated heterocycles. The molecule has 0 nitrogen and oxygen atoms in total. The summed E-state index contributed by atoms with van der Waals surface area (Å²) in [4.78, 5) is 0. The van der Waals surface area contributed by atoms with Crippen LogP contribution in [0.2, 0.25) is 0 Å². The van der Waals surface area contributed by atoms with Gasteiger partial charge in [-0.25, -0.2) is 0 Å². The van der Waals surface area contributed by atoms with Crippen LogP contribution in [0.5, 0.6) is 0 Å². The van der Waals surface area contributed by atoms with Crippen molar-refractivity contribution in [1.82, 2.24) is 0 Å². The average molecular weight is 254 g/mol. The van der Waals surface area contributed by atoms with E-state index in [1.165, 1.54) is 31.2 Å². The van der Waals surface area contributed by atoms with Crippen molar-refractivity contribution in [3.63, 3.8) is 0 Å². The molecule has 0 N–H and O–H groups in total. The Kier molecular flexibility index (Phi) is 10.8. The van der Waals surface area contributed by atoms with Gasteiger partial charge in [0.05, 0.1) is 0 Å². The summed E-state index contributed by atoms with van der Waals surface area (Å²) in [7, 11) is 0. The van der Waals surface area contributed by atoms with E-state index in [1.807, 2.05) is 0 Å². The van der Waals surface area contributed by atoms with Crippen LogP contribution in [0.4, 0.5) is 0 Å². The van der Waals surface area contributed by atoms with Gasteiger partial charge in [0, 0.05) is 5.92 Å². The summed E-state index contributed by atoms with van der Waals surface area (Å²) in [5.41, 5.74) is 1.47. The van der Waals surface area contributed by atoms with Gasteiger partial charge in [0.2, 0.25) is 0 Å². The SMILES string of the molecule is CC=CC(c1ccccc1)C(CC)CCCC.[NaH]. The van der Waals surface area contributed by atoms with E-state index in [0.29, 0.717) is 5.92 Å². The predicted molar refractivity (Wildman–Crippen MR) is 84.5 cm³/mol. The van der Waals surface area contributed by atoms with Crippen molar-refractivity contribution in [3.05, 3.63) is 48.0 Å². The molecule has 0 radical (unpaired) electrons. The van der Waals surface area contributed by atoms with Gasteiger partial charge in [-0.1, -0.05) is 75.6 Å². The van der Waals surface area contributed by atoms with Gasteiger partial charge in [-0.3, -0.25) is 0 Å². The van der Waals surface area contributed by atoms with Crippen molar-refractivity contribution in [2.75, 3.05) is 0 Å². The Hall–Kier alpha value is -0.0400. The number of hydrogen-bond acceptors (Lipinski definition) is 0. The zero-order valence-corrected chi connectivity index (χ0v) is 11.5. The van der Waals surface area contributed by atoms with Gasteiger partial charge < -0.3 is 0 Å². The number of benzene rings is 1. The molecule has 1 aromatic carbocycles. The van der Waals surface area contributed by atoms with Crippen LogP contribution in [0.3, 0.4) is 0 Å². The fourth-order valence-corrected chi connectivity index (χ4v) is 2.53. The summed E-state index contributed by atoms with van der Waals surface area (Å²) in [5.74, 6) is 1.38. The summed E-state index contributed by atoms with van der Waals surface area (Å²) in [5, 5.41) is 0. The molecule has 0 aromatic heterocycles. The van der Waals surface area contributed by atoms with E-state index in [9.17, 15) is 0 Å². The first-order chi connectivity index (χ1) is 8.33. The Morgan fingerprint density at radius 2 is 1.78 bits per heavy atom. The second kappa shape index (κ2) is 10.8. The third-order valence-corrected chi connectivity index (χ3v) is 3.54. The normalized spacial score (nSPS) is 14.2. The first-order valence-corrected chi connectivity index (χ1v) is 7.01. The van der Waals surface area contributed by atoms with Crippen LogP contribution >= 0.6 is 0 Å². The molecule has 0 amide bonds. The Bertz CT molecular complexity index is 316. The number of hydrogen-bond donors (Lipinski definition) is 0. The van der Waals surface area contributed by atoms with Gasteiger partial charge in [-0.15, -0.1) is 0 Å². The second-order valence-electron chi connectivity index (χ2n) is 4.77. The number of rotatable bonds is 7. The van der Waals surface area contributed by atoms with E-state index in [1.54, 1.807) is 0 Å². The maximum atomic E-state index is 2.37. The van der Waals surface area contributed by atoms with Crippen molar-refractivity contribution in [1.29, 1.82) is 0 Å². The monoisotopic (exact) mass is 254 g/mol. The van der Waals surface area contributed by atoms with Crippen molar-refractivity contribution < 1.29 is 0 Å². The van der Waals surface area contributed by atoms with Crippen molar-refractivity contribution in [2.24, 2.45) is 5.92 Å². The third kappa shape index (κ3) is 5.73. The van der Waals surface area contributed by atoms with Crippen LogP contribution in [0.1, 0.15) is 57.9 Å². The summed E-state index contributed by atoms with van der Waals surface area (Å²) < 4.78 is 0. The molecule has 1 heteroatoms. The third-order valence-electron chi connectivity index (χ3n) is 3.54. The summed E-state index contributed by atoms with van der Waals surface area (Å²) in [6.07, 6.45) is 9.83. The van der Waals surface area contributed by atoms with Gasteiger partial charge in [0.1, 0.15) is 0 Å². The molecule has 0 aliphatic heterocycles. The minimum absolute atomic E-state index is 0. The molecule has 1 rings (SSSR count). The van der Waals surface area contributed by atoms with E-state index in [2.05, 4.69) is 63.3 Å². The van der Waals surface area contributed by atoms with Crippen LogP contribution < -0.4 is 0 Å². The first-order valence-electron chi connectivity index (χ1n) is 7.01. The van der Waals surface area contributed by atoms with E-state index < -0.39 is 0 Å². The van der Waals surface area contributed by atoms with E-state index in [4.69, 9.17) is 0 Å². The van der Waals surface area contributed by atoms with E-state index in [0.717, 1.165) is 5.92 Å². The molecule has 0 spiro atoms. The zero-order valence-electron chi connectivity index (χ0n) is 11.5. The number of unbranched alkanes of at least 4 members (excludes halogenated alkanes) is 1. The van der Waals surface area contributed by atoms with Gasteiger partial charge in [-0.2, -0.15) is 0 Å². The molecule has 0 fully saturated rings. The molecule has 0 aliphatic carbocycles. The number of allylic oxidation sites excluding steroid dienone is 2. The molecule has 1 aromatic rings. The summed E-state index contributed by atoms with van der Waals surface area (Å²) in [6, 6.07) is 10.9. The Labute approximate surface area is 135 Å². The quantitative estimate of drug-likeness (QED) is 0.479. The topological polar surface area (TPSA) is 0 Å². The molecular formula is C17H27Na. The van der Waals surface area contributed by atoms with Crippen LogP contribution in [0.15, 0.2) is 42.5 Å². The molecule has 0 bridgehead atoms. The summed E-state index contributed by atoms with van der Waals surface area (Å²) in [6.45, 7) is 6.72. The molecule has 0 aliphatic rings. The van der Waals surface area contributed by atoms with Crippen LogP contribution in [0, 0.1) is 5.92 Å². The molecule has 0 heterocycles. The molecular weight excluding hydrogens is 227 g/mol. The molecule has 96 valence electrons. The standard InChI is InChI=1S/C17H26.Na.H/c1-4-7-12-15(6-3)17(11-5-2)16-13-9-8-10-14-16;;/h5,8-11,13-15,17H,4,6-7,12H2,1-3H3;;. The predicted octanol–water partition coefficient (Wildman–Crippen LogP) is 4.91. The van der Waals surface area contributed by atoms with Gasteiger partial charge in [0.15, 0.2) is 0 Å². The van der Waals surface area contributed by atoms with Crippen LogP contribution in [-0.2, 0) is 0 Å².